The van der Waals surface area contributed by atoms with Gasteiger partial charge in [0.2, 0.25) is 11.8 Å². The number of carbonyl (C=O) groups excluding carboxylic acids is 3. The van der Waals surface area contributed by atoms with Gasteiger partial charge >= 0.3 is 0 Å². The number of piperidine rings is 2. The fourth-order valence-electron chi connectivity index (χ4n) is 5.03. The molecule has 10 heteroatoms. The number of benzene rings is 1. The van der Waals surface area contributed by atoms with E-state index in [0.717, 1.165) is 49.4 Å². The van der Waals surface area contributed by atoms with Crippen molar-refractivity contribution in [3.8, 4) is 0 Å². The maximum Gasteiger partial charge on any atom is 0.255 e. The molecule has 1 aromatic carbocycles. The topological polar surface area (TPSA) is 137 Å². The predicted molar refractivity (Wildman–Crippen MR) is 114 cm³/mol. The van der Waals surface area contributed by atoms with E-state index in [1.165, 1.54) is 0 Å². The second kappa shape index (κ2) is 8.44. The van der Waals surface area contributed by atoms with E-state index >= 15 is 0 Å². The van der Waals surface area contributed by atoms with Crippen molar-refractivity contribution in [3.63, 3.8) is 0 Å². The van der Waals surface area contributed by atoms with Crippen molar-refractivity contribution < 1.29 is 14.4 Å². The number of amides is 3. The summed E-state index contributed by atoms with van der Waals surface area (Å²) in [6.07, 6.45) is 2.71. The third-order valence-electron chi connectivity index (χ3n) is 6.69. The van der Waals surface area contributed by atoms with E-state index in [4.69, 9.17) is 5.73 Å². The molecule has 0 radical (unpaired) electrons. The van der Waals surface area contributed by atoms with Crippen LogP contribution in [0.25, 0.3) is 0 Å². The highest BCUT2D eigenvalue weighted by Gasteiger charge is 2.40. The molecule has 168 valence electrons. The number of rotatable bonds is 5. The Hall–Kier alpha value is -3.11. The van der Waals surface area contributed by atoms with Crippen LogP contribution in [0.5, 0.6) is 0 Å². The van der Waals surface area contributed by atoms with Gasteiger partial charge in [0, 0.05) is 37.5 Å². The first-order valence-electron chi connectivity index (χ1n) is 11.1. The Bertz CT molecular complexity index is 1070. The van der Waals surface area contributed by atoms with Crippen LogP contribution in [-0.4, -0.2) is 61.8 Å². The third kappa shape index (κ3) is 3.80. The summed E-state index contributed by atoms with van der Waals surface area (Å²) in [7, 11) is 0. The van der Waals surface area contributed by atoms with Crippen molar-refractivity contribution >= 4 is 17.7 Å². The number of likely N-dealkylation sites (tertiary alicyclic amines) is 1. The first kappa shape index (κ1) is 20.8. The van der Waals surface area contributed by atoms with Gasteiger partial charge in [0.25, 0.3) is 5.91 Å². The van der Waals surface area contributed by atoms with E-state index < -0.39 is 6.04 Å². The molecule has 0 spiro atoms. The summed E-state index contributed by atoms with van der Waals surface area (Å²) >= 11 is 0. The van der Waals surface area contributed by atoms with Crippen LogP contribution in [0.2, 0.25) is 0 Å². The van der Waals surface area contributed by atoms with E-state index in [2.05, 4.69) is 31.5 Å². The Balaban J connectivity index is 1.31. The summed E-state index contributed by atoms with van der Waals surface area (Å²) in [4.78, 5) is 45.4. The molecule has 10 nitrogen and oxygen atoms in total. The SMILES string of the molecule is NCc1nc(C2CCCN(Cc3cccc4c3CN(C3CCC(=O)NC3=O)C4=O)C2)n[nH]1. The minimum atomic E-state index is -0.595. The predicted octanol–water partition coefficient (Wildman–Crippen LogP) is 0.404. The number of hydrogen-bond donors (Lipinski definition) is 3. The van der Waals surface area contributed by atoms with E-state index in [-0.39, 0.29) is 30.1 Å². The summed E-state index contributed by atoms with van der Waals surface area (Å²) in [5.41, 5.74) is 8.38. The number of nitrogens with one attached hydrogen (secondary N) is 2. The molecule has 4 N–H and O–H groups in total. The lowest BCUT2D eigenvalue weighted by Crippen LogP contribution is -2.52. The molecule has 2 fully saturated rings. The fourth-order valence-corrected chi connectivity index (χ4v) is 5.03. The van der Waals surface area contributed by atoms with Gasteiger partial charge in [-0.05, 0) is 43.0 Å². The van der Waals surface area contributed by atoms with Crippen molar-refractivity contribution in [2.24, 2.45) is 5.73 Å². The maximum absolute atomic E-state index is 13.1. The van der Waals surface area contributed by atoms with Crippen molar-refractivity contribution in [2.45, 2.75) is 57.3 Å². The molecule has 2 unspecified atom stereocenters. The summed E-state index contributed by atoms with van der Waals surface area (Å²) in [5.74, 6) is 0.964. The number of carbonyl (C=O) groups is 3. The van der Waals surface area contributed by atoms with E-state index in [0.29, 0.717) is 30.9 Å². The molecule has 2 aromatic rings. The Morgan fingerprint density at radius 2 is 2.06 bits per heavy atom. The molecular formula is C22H27N7O3. The van der Waals surface area contributed by atoms with Gasteiger partial charge in [-0.1, -0.05) is 12.1 Å². The zero-order chi connectivity index (χ0) is 22.2. The lowest BCUT2D eigenvalue weighted by Gasteiger charge is -2.32. The average molecular weight is 438 g/mol. The lowest BCUT2D eigenvalue weighted by atomic mass is 9.96. The monoisotopic (exact) mass is 437 g/mol. The normalized spacial score (nSPS) is 24.0. The molecule has 2 saturated heterocycles. The summed E-state index contributed by atoms with van der Waals surface area (Å²) in [6.45, 7) is 3.28. The van der Waals surface area contributed by atoms with E-state index in [9.17, 15) is 14.4 Å². The minimum absolute atomic E-state index is 0.136. The Kier molecular flexibility index (Phi) is 5.48. The molecule has 0 bridgehead atoms. The number of H-pyrrole nitrogens is 1. The number of aromatic amines is 1. The van der Waals surface area contributed by atoms with Crippen LogP contribution < -0.4 is 11.1 Å². The first-order chi connectivity index (χ1) is 15.5. The number of fused-ring (bicyclic) bond motifs is 1. The molecule has 0 saturated carbocycles. The molecular weight excluding hydrogens is 410 g/mol. The number of nitrogens with two attached hydrogens (primary N) is 1. The van der Waals surface area contributed by atoms with Gasteiger partial charge in [0.05, 0.1) is 6.54 Å². The standard InChI is InChI=1S/C22H27N7O3/c23-9-18-24-20(27-26-18)14-4-2-8-28(11-14)10-13-3-1-5-15-16(13)12-29(22(15)32)17-6-7-19(30)25-21(17)31/h1,3,5,14,17H,2,4,6-12,23H2,(H,24,26,27)(H,25,30,31). The smallest absolute Gasteiger partial charge is 0.255 e. The second-order valence-corrected chi connectivity index (χ2v) is 8.76. The van der Waals surface area contributed by atoms with Crippen molar-refractivity contribution in [1.29, 1.82) is 0 Å². The molecule has 5 rings (SSSR count). The Morgan fingerprint density at radius 3 is 2.84 bits per heavy atom. The fraction of sp³-hybridized carbons (Fsp3) is 0.500. The lowest BCUT2D eigenvalue weighted by molar-refractivity contribution is -0.136. The van der Waals surface area contributed by atoms with Crippen molar-refractivity contribution in [1.82, 2.24) is 30.3 Å². The number of nitrogens with zero attached hydrogens (tertiary/aromatic N) is 4. The van der Waals surface area contributed by atoms with Gasteiger partial charge in [0.15, 0.2) is 5.82 Å². The van der Waals surface area contributed by atoms with Crippen LogP contribution in [0.1, 0.15) is 64.7 Å². The number of hydrogen-bond acceptors (Lipinski definition) is 7. The zero-order valence-corrected chi connectivity index (χ0v) is 17.8. The number of imide groups is 1. The van der Waals surface area contributed by atoms with Crippen molar-refractivity contribution in [3.05, 3.63) is 46.5 Å². The Morgan fingerprint density at radius 1 is 1.19 bits per heavy atom. The van der Waals surface area contributed by atoms with Gasteiger partial charge in [-0.2, -0.15) is 5.10 Å². The highest BCUT2D eigenvalue weighted by Crippen LogP contribution is 2.32. The molecule has 4 heterocycles. The van der Waals surface area contributed by atoms with Crippen molar-refractivity contribution in [2.75, 3.05) is 13.1 Å². The average Bonchev–Trinajstić information content (AvgIpc) is 3.40. The van der Waals surface area contributed by atoms with E-state index in [1.807, 2.05) is 12.1 Å². The van der Waals surface area contributed by atoms with Crippen LogP contribution >= 0.6 is 0 Å². The van der Waals surface area contributed by atoms with Gasteiger partial charge in [-0.3, -0.25) is 29.7 Å². The minimum Gasteiger partial charge on any atom is -0.324 e. The number of aromatic nitrogens is 3. The van der Waals surface area contributed by atoms with Crippen LogP contribution in [-0.2, 0) is 29.2 Å². The molecule has 3 amide bonds. The summed E-state index contributed by atoms with van der Waals surface area (Å²) in [5, 5.41) is 9.59. The third-order valence-corrected chi connectivity index (χ3v) is 6.69. The van der Waals surface area contributed by atoms with E-state index in [1.54, 1.807) is 4.90 Å². The molecule has 3 aliphatic heterocycles. The molecule has 2 atom stereocenters. The molecule has 32 heavy (non-hydrogen) atoms. The quantitative estimate of drug-likeness (QED) is 0.576. The van der Waals surface area contributed by atoms with Gasteiger partial charge in [-0.15, -0.1) is 0 Å². The highest BCUT2D eigenvalue weighted by molar-refractivity contribution is 6.05. The molecule has 3 aliphatic rings. The second-order valence-electron chi connectivity index (χ2n) is 8.76. The van der Waals surface area contributed by atoms with Crippen LogP contribution in [0.3, 0.4) is 0 Å². The van der Waals surface area contributed by atoms with Gasteiger partial charge in [0.1, 0.15) is 11.9 Å². The molecule has 0 aliphatic carbocycles. The molecule has 1 aromatic heterocycles. The maximum atomic E-state index is 13.1. The Labute approximate surface area is 185 Å². The summed E-state index contributed by atoms with van der Waals surface area (Å²) in [6, 6.07) is 5.20. The van der Waals surface area contributed by atoms with Gasteiger partial charge in [-0.25, -0.2) is 4.98 Å². The first-order valence-corrected chi connectivity index (χ1v) is 11.1. The van der Waals surface area contributed by atoms with Crippen LogP contribution in [0.4, 0.5) is 0 Å². The zero-order valence-electron chi connectivity index (χ0n) is 17.8. The largest absolute Gasteiger partial charge is 0.324 e. The highest BCUT2D eigenvalue weighted by atomic mass is 16.2. The summed E-state index contributed by atoms with van der Waals surface area (Å²) < 4.78 is 0. The van der Waals surface area contributed by atoms with Gasteiger partial charge < -0.3 is 10.6 Å². The van der Waals surface area contributed by atoms with Crippen LogP contribution in [0.15, 0.2) is 18.2 Å². The van der Waals surface area contributed by atoms with Crippen LogP contribution in [0, 0.1) is 0 Å².